The SMILES string of the molecule is Fc1c(F)c(-c2ccccc2)c(F)c(F)c1B(c1ccc(-n2c3ccccc3c3c4c5ccccc5n(-c5ccccc5)c4ccc32)cc1)c1c(F)c(F)c(-c2ccccc2)c(F)c1F. The number of benzene rings is 9. The summed E-state index contributed by atoms with van der Waals surface area (Å²) in [6.45, 7) is -2.44. The first-order valence-corrected chi connectivity index (χ1v) is 20.6. The molecule has 0 spiro atoms. The minimum Gasteiger partial charge on any atom is -0.309 e. The van der Waals surface area contributed by atoms with Crippen LogP contribution in [0.2, 0.25) is 0 Å². The number of halogens is 8. The molecular formula is C54H29BF8N2. The molecule has 0 unspecified atom stereocenters. The smallest absolute Gasteiger partial charge is 0.257 e. The molecule has 0 amide bonds. The molecule has 2 aromatic heterocycles. The van der Waals surface area contributed by atoms with Crippen LogP contribution in [0.1, 0.15) is 0 Å². The Labute approximate surface area is 365 Å². The van der Waals surface area contributed by atoms with Crippen molar-refractivity contribution < 1.29 is 35.1 Å². The quantitative estimate of drug-likeness (QED) is 0.0858. The summed E-state index contributed by atoms with van der Waals surface area (Å²) in [6.07, 6.45) is 0. The number of rotatable bonds is 7. The number of nitrogens with zero attached hydrogens (tertiary/aromatic N) is 2. The molecule has 11 rings (SSSR count). The summed E-state index contributed by atoms with van der Waals surface area (Å²) in [7, 11) is 0. The minimum absolute atomic E-state index is 0.220. The highest BCUT2D eigenvalue weighted by Gasteiger charge is 2.41. The van der Waals surface area contributed by atoms with Crippen molar-refractivity contribution >= 4 is 66.7 Å². The Kier molecular flexibility index (Phi) is 9.46. The van der Waals surface area contributed by atoms with Gasteiger partial charge in [-0.3, -0.25) is 0 Å². The lowest BCUT2D eigenvalue weighted by atomic mass is 9.36. The Morgan fingerprint density at radius 3 is 1.03 bits per heavy atom. The molecule has 0 bridgehead atoms. The van der Waals surface area contributed by atoms with Crippen LogP contribution in [0.5, 0.6) is 0 Å². The molecule has 11 heteroatoms. The van der Waals surface area contributed by atoms with Gasteiger partial charge in [0.15, 0.2) is 46.5 Å². The van der Waals surface area contributed by atoms with E-state index >= 15 is 35.1 Å². The first-order chi connectivity index (χ1) is 31.7. The van der Waals surface area contributed by atoms with Gasteiger partial charge in [-0.2, -0.15) is 0 Å². The van der Waals surface area contributed by atoms with E-state index in [-0.39, 0.29) is 16.6 Å². The molecule has 0 aliphatic heterocycles. The molecule has 65 heavy (non-hydrogen) atoms. The van der Waals surface area contributed by atoms with Gasteiger partial charge in [-0.1, -0.05) is 133 Å². The lowest BCUT2D eigenvalue weighted by Gasteiger charge is -2.22. The number of hydrogen-bond donors (Lipinski definition) is 0. The van der Waals surface area contributed by atoms with Crippen LogP contribution in [0, 0.1) is 46.5 Å². The normalized spacial score (nSPS) is 11.7. The second-order valence-corrected chi connectivity index (χ2v) is 15.7. The number of fused-ring (bicyclic) bond motifs is 7. The Morgan fingerprint density at radius 1 is 0.292 bits per heavy atom. The zero-order chi connectivity index (χ0) is 44.7. The standard InChI is InChI=1S/C54H29BF8N2/c56-47-41(30-14-4-1-5-15-30)48(57)52(61)45(51(47)60)55(46-53(62)49(58)42(50(59)54(46)63)31-16-6-2-7-17-31)32-24-26-34(27-25-32)65-38-23-13-11-21-36(38)44-40(65)29-28-39-43(44)35-20-10-12-22-37(35)64(39)33-18-8-3-9-19-33/h1-29H. The van der Waals surface area contributed by atoms with E-state index in [4.69, 9.17) is 0 Å². The molecular weight excluding hydrogens is 839 g/mol. The molecule has 0 saturated carbocycles. The predicted molar refractivity (Wildman–Crippen MR) is 243 cm³/mol. The van der Waals surface area contributed by atoms with Crippen LogP contribution in [0.3, 0.4) is 0 Å². The first-order valence-electron chi connectivity index (χ1n) is 20.6. The summed E-state index contributed by atoms with van der Waals surface area (Å²) in [5.41, 5.74) is -0.918. The van der Waals surface area contributed by atoms with Gasteiger partial charge >= 0.3 is 0 Å². The van der Waals surface area contributed by atoms with E-state index in [9.17, 15) is 0 Å². The third-order valence-electron chi connectivity index (χ3n) is 12.3. The molecule has 314 valence electrons. The van der Waals surface area contributed by atoms with Gasteiger partial charge in [0.1, 0.15) is 0 Å². The average Bonchev–Trinajstić information content (AvgIpc) is 3.86. The Balaban J connectivity index is 1.15. The molecule has 0 aliphatic carbocycles. The molecule has 2 nitrogen and oxygen atoms in total. The summed E-state index contributed by atoms with van der Waals surface area (Å²) in [6, 6.07) is 48.8. The fraction of sp³-hybridized carbons (Fsp3) is 0. The molecule has 0 saturated heterocycles. The summed E-state index contributed by atoms with van der Waals surface area (Å²) < 4.78 is 135. The third-order valence-corrected chi connectivity index (χ3v) is 12.3. The maximum absolute atomic E-state index is 16.6. The highest BCUT2D eigenvalue weighted by Crippen LogP contribution is 2.42. The van der Waals surface area contributed by atoms with Crippen molar-refractivity contribution in [2.24, 2.45) is 0 Å². The summed E-state index contributed by atoms with van der Waals surface area (Å²) in [5, 5.41) is 3.81. The fourth-order valence-electron chi connectivity index (χ4n) is 9.47. The Morgan fingerprint density at radius 2 is 0.631 bits per heavy atom. The van der Waals surface area contributed by atoms with E-state index in [0.717, 1.165) is 49.3 Å². The molecule has 0 N–H and O–H groups in total. The van der Waals surface area contributed by atoms with Gasteiger partial charge in [0.25, 0.3) is 6.71 Å². The van der Waals surface area contributed by atoms with Crippen molar-refractivity contribution in [2.45, 2.75) is 0 Å². The lowest BCUT2D eigenvalue weighted by molar-refractivity contribution is 0.464. The predicted octanol–water partition coefficient (Wildman–Crippen LogP) is 12.8. The van der Waals surface area contributed by atoms with Gasteiger partial charge in [0.2, 0.25) is 0 Å². The number of aromatic nitrogens is 2. The highest BCUT2D eigenvalue weighted by molar-refractivity contribution is 6.95. The van der Waals surface area contributed by atoms with Crippen LogP contribution < -0.4 is 16.4 Å². The largest absolute Gasteiger partial charge is 0.309 e. The summed E-state index contributed by atoms with van der Waals surface area (Å²) >= 11 is 0. The van der Waals surface area contributed by atoms with Crippen LogP contribution in [0.15, 0.2) is 176 Å². The van der Waals surface area contributed by atoms with Crippen molar-refractivity contribution in [3.8, 4) is 33.6 Å². The Hall–Kier alpha value is -7.92. The number of para-hydroxylation sites is 3. The van der Waals surface area contributed by atoms with Crippen molar-refractivity contribution in [1.82, 2.24) is 9.13 Å². The van der Waals surface area contributed by atoms with Crippen molar-refractivity contribution in [3.05, 3.63) is 222 Å². The van der Waals surface area contributed by atoms with Crippen LogP contribution in [0.25, 0.3) is 77.2 Å². The maximum atomic E-state index is 16.6. The highest BCUT2D eigenvalue weighted by atomic mass is 19.2. The van der Waals surface area contributed by atoms with Gasteiger partial charge in [-0.25, -0.2) is 35.1 Å². The fourth-order valence-corrected chi connectivity index (χ4v) is 9.47. The van der Waals surface area contributed by atoms with Crippen LogP contribution >= 0.6 is 0 Å². The van der Waals surface area contributed by atoms with Gasteiger partial charge in [-0.05, 0) is 59.7 Å². The van der Waals surface area contributed by atoms with Crippen molar-refractivity contribution in [2.75, 3.05) is 0 Å². The molecule has 0 atom stereocenters. The zero-order valence-electron chi connectivity index (χ0n) is 33.7. The Bertz CT molecular complexity index is 3520. The van der Waals surface area contributed by atoms with Crippen LogP contribution in [-0.4, -0.2) is 15.8 Å². The van der Waals surface area contributed by atoms with E-state index in [1.54, 1.807) is 0 Å². The second kappa shape index (κ2) is 15.4. The lowest BCUT2D eigenvalue weighted by Crippen LogP contribution is -2.58. The van der Waals surface area contributed by atoms with Crippen molar-refractivity contribution in [3.63, 3.8) is 0 Å². The summed E-state index contributed by atoms with van der Waals surface area (Å²) in [5.74, 6) is -15.4. The molecule has 11 aromatic rings. The molecule has 2 heterocycles. The van der Waals surface area contributed by atoms with Gasteiger partial charge < -0.3 is 9.13 Å². The van der Waals surface area contributed by atoms with Gasteiger partial charge in [0.05, 0.1) is 33.2 Å². The average molecular weight is 869 g/mol. The number of hydrogen-bond acceptors (Lipinski definition) is 0. The van der Waals surface area contributed by atoms with E-state index in [1.807, 2.05) is 83.4 Å². The van der Waals surface area contributed by atoms with Gasteiger partial charge in [-0.15, -0.1) is 0 Å². The zero-order valence-corrected chi connectivity index (χ0v) is 33.7. The second-order valence-electron chi connectivity index (χ2n) is 15.7. The first kappa shape index (κ1) is 39.9. The molecule has 0 aliphatic rings. The molecule has 9 aromatic carbocycles. The van der Waals surface area contributed by atoms with Crippen molar-refractivity contribution in [1.29, 1.82) is 0 Å². The van der Waals surface area contributed by atoms with E-state index in [0.29, 0.717) is 5.69 Å². The monoisotopic (exact) mass is 868 g/mol. The van der Waals surface area contributed by atoms with E-state index < -0.39 is 75.3 Å². The third kappa shape index (κ3) is 6.02. The maximum Gasteiger partial charge on any atom is 0.257 e. The molecule has 0 fully saturated rings. The van der Waals surface area contributed by atoms with Crippen LogP contribution in [-0.2, 0) is 0 Å². The molecule has 0 radical (unpaired) electrons. The topological polar surface area (TPSA) is 9.86 Å². The van der Waals surface area contributed by atoms with E-state index in [1.165, 1.54) is 84.9 Å². The minimum atomic E-state index is -2.44. The van der Waals surface area contributed by atoms with Crippen LogP contribution in [0.4, 0.5) is 35.1 Å². The van der Waals surface area contributed by atoms with E-state index in [2.05, 4.69) is 16.7 Å². The summed E-state index contributed by atoms with van der Waals surface area (Å²) in [4.78, 5) is 0. The van der Waals surface area contributed by atoms with Gasteiger partial charge in [0, 0.05) is 43.8 Å².